The highest BCUT2D eigenvalue weighted by atomic mass is 35.5. The summed E-state index contributed by atoms with van der Waals surface area (Å²) in [5.41, 5.74) is 3.29. The van der Waals surface area contributed by atoms with Crippen molar-refractivity contribution in [2.24, 2.45) is 0 Å². The van der Waals surface area contributed by atoms with Crippen LogP contribution in [0.5, 0.6) is 5.88 Å². The molecule has 0 saturated heterocycles. The Balaban J connectivity index is 1.46. The molecule has 0 amide bonds. The van der Waals surface area contributed by atoms with Gasteiger partial charge < -0.3 is 9.84 Å². The first-order valence-electron chi connectivity index (χ1n) is 12.6. The molecule has 1 N–H and O–H groups in total. The molecule has 1 atom stereocenters. The van der Waals surface area contributed by atoms with Crippen molar-refractivity contribution in [2.45, 2.75) is 12.0 Å². The Bertz CT molecular complexity index is 1780. The smallest absolute Gasteiger partial charge is 0.218 e. The highest BCUT2D eigenvalue weighted by Crippen LogP contribution is 2.40. The van der Waals surface area contributed by atoms with Gasteiger partial charge in [0.1, 0.15) is 11.4 Å². The summed E-state index contributed by atoms with van der Waals surface area (Å²) in [5, 5.41) is 17.6. The fraction of sp³-hybridized carbons (Fsp3) is 0.0938. The second-order valence-electron chi connectivity index (χ2n) is 9.40. The molecule has 3 aromatic heterocycles. The minimum absolute atomic E-state index is 0.391. The topological polar surface area (TPSA) is 73.1 Å². The first-order chi connectivity index (χ1) is 19.5. The van der Waals surface area contributed by atoms with Crippen LogP contribution in [-0.4, -0.2) is 32.0 Å². The van der Waals surface area contributed by atoms with E-state index in [0.29, 0.717) is 44.9 Å². The molecule has 6 nitrogen and oxygen atoms in total. The maximum Gasteiger partial charge on any atom is 0.218 e. The number of benzene rings is 3. The van der Waals surface area contributed by atoms with Crippen molar-refractivity contribution >= 4 is 22.5 Å². The number of hydrogen-bond acceptors (Lipinski definition) is 5. The lowest BCUT2D eigenvalue weighted by molar-refractivity contribution is 0.125. The van der Waals surface area contributed by atoms with Crippen molar-refractivity contribution in [3.05, 3.63) is 148 Å². The number of methoxy groups -OCH3 is 1. The molecule has 0 bridgehead atoms. The molecule has 6 rings (SSSR count). The molecule has 1 unspecified atom stereocenters. The molecule has 0 aliphatic rings. The third-order valence-corrected chi connectivity index (χ3v) is 7.45. The van der Waals surface area contributed by atoms with Crippen LogP contribution in [0.1, 0.15) is 27.8 Å². The second-order valence-corrected chi connectivity index (χ2v) is 9.78. The van der Waals surface area contributed by atoms with Crippen LogP contribution in [0.15, 0.2) is 110 Å². The molecule has 0 saturated carbocycles. The number of nitrogens with zero attached hydrogens (tertiary/aromatic N) is 4. The van der Waals surface area contributed by atoms with E-state index in [1.54, 1.807) is 66.8 Å². The van der Waals surface area contributed by atoms with E-state index in [1.165, 1.54) is 12.1 Å². The van der Waals surface area contributed by atoms with E-state index in [1.807, 2.05) is 42.6 Å². The Hall–Kier alpha value is -4.59. The van der Waals surface area contributed by atoms with Crippen LogP contribution in [0.3, 0.4) is 0 Å². The van der Waals surface area contributed by atoms with Gasteiger partial charge in [-0.1, -0.05) is 48.0 Å². The van der Waals surface area contributed by atoms with Crippen LogP contribution in [0.25, 0.3) is 16.6 Å². The first kappa shape index (κ1) is 25.7. The largest absolute Gasteiger partial charge is 0.481 e. The average Bonchev–Trinajstić information content (AvgIpc) is 3.54. The van der Waals surface area contributed by atoms with Crippen LogP contribution in [0.4, 0.5) is 4.39 Å². The van der Waals surface area contributed by atoms with E-state index in [-0.39, 0.29) is 0 Å². The summed E-state index contributed by atoms with van der Waals surface area (Å²) in [6, 6.07) is 24.6. The Labute approximate surface area is 235 Å². The normalized spacial score (nSPS) is 12.8. The summed E-state index contributed by atoms with van der Waals surface area (Å²) in [5.74, 6) is 0.0416. The Morgan fingerprint density at radius 1 is 0.925 bits per heavy atom. The molecule has 0 spiro atoms. The fourth-order valence-electron chi connectivity index (χ4n) is 4.95. The van der Waals surface area contributed by atoms with E-state index >= 15 is 0 Å². The standard InChI is InChI=1S/C32H24ClFN4O2/c1-40-31-28(18-21-5-12-26(13-6-21)38-17-3-16-36-38)30(33)27-19-23(9-14-29(27)37-31)32(39,24-4-2-15-35-20-24)22-7-10-25(34)11-8-22/h2-17,19-20,39H,18H2,1H3. The van der Waals surface area contributed by atoms with Gasteiger partial charge in [0.05, 0.1) is 23.3 Å². The van der Waals surface area contributed by atoms with E-state index in [9.17, 15) is 9.50 Å². The number of ether oxygens (including phenoxy) is 1. The summed E-state index contributed by atoms with van der Waals surface area (Å²) in [6.45, 7) is 0. The number of hydrogen-bond donors (Lipinski definition) is 1. The van der Waals surface area contributed by atoms with Crippen molar-refractivity contribution in [1.82, 2.24) is 19.7 Å². The third-order valence-electron chi connectivity index (χ3n) is 7.02. The van der Waals surface area contributed by atoms with Crippen LogP contribution in [0.2, 0.25) is 5.02 Å². The van der Waals surface area contributed by atoms with Gasteiger partial charge in [-0.05, 0) is 65.2 Å². The van der Waals surface area contributed by atoms with Gasteiger partial charge in [0.15, 0.2) is 0 Å². The molecule has 0 fully saturated rings. The van der Waals surface area contributed by atoms with E-state index < -0.39 is 11.4 Å². The van der Waals surface area contributed by atoms with Crippen LogP contribution in [-0.2, 0) is 12.0 Å². The zero-order valence-electron chi connectivity index (χ0n) is 21.5. The van der Waals surface area contributed by atoms with Gasteiger partial charge in [0, 0.05) is 47.7 Å². The summed E-state index contributed by atoms with van der Waals surface area (Å²) >= 11 is 7.05. The SMILES string of the molecule is COc1nc2ccc(C(O)(c3ccc(F)cc3)c3cccnc3)cc2c(Cl)c1Cc1ccc(-n2cccn2)cc1. The highest BCUT2D eigenvalue weighted by Gasteiger charge is 2.35. The number of fused-ring (bicyclic) bond motifs is 1. The van der Waals surface area contributed by atoms with Crippen molar-refractivity contribution in [3.63, 3.8) is 0 Å². The summed E-state index contributed by atoms with van der Waals surface area (Å²) in [6.07, 6.45) is 7.34. The minimum Gasteiger partial charge on any atom is -0.481 e. The number of pyridine rings is 2. The van der Waals surface area contributed by atoms with Crippen LogP contribution >= 0.6 is 11.6 Å². The van der Waals surface area contributed by atoms with Gasteiger partial charge in [-0.15, -0.1) is 0 Å². The molecule has 8 heteroatoms. The molecule has 0 aliphatic heterocycles. The van der Waals surface area contributed by atoms with E-state index in [2.05, 4.69) is 10.1 Å². The van der Waals surface area contributed by atoms with Crippen molar-refractivity contribution < 1.29 is 14.2 Å². The quantitative estimate of drug-likeness (QED) is 0.246. The van der Waals surface area contributed by atoms with E-state index in [4.69, 9.17) is 21.3 Å². The molecule has 198 valence electrons. The predicted octanol–water partition coefficient (Wildman–Crippen LogP) is 6.49. The fourth-order valence-corrected chi connectivity index (χ4v) is 5.25. The van der Waals surface area contributed by atoms with Crippen molar-refractivity contribution in [3.8, 4) is 11.6 Å². The Morgan fingerprint density at radius 2 is 1.70 bits per heavy atom. The van der Waals surface area contributed by atoms with Gasteiger partial charge in [0.25, 0.3) is 0 Å². The monoisotopic (exact) mass is 550 g/mol. The molecule has 0 radical (unpaired) electrons. The first-order valence-corrected chi connectivity index (χ1v) is 13.0. The third kappa shape index (κ3) is 4.59. The maximum atomic E-state index is 13.8. The summed E-state index contributed by atoms with van der Waals surface area (Å²) < 4.78 is 21.2. The molecule has 3 aromatic carbocycles. The number of rotatable bonds is 7. The van der Waals surface area contributed by atoms with Crippen LogP contribution < -0.4 is 4.74 Å². The number of halogens is 2. The summed E-state index contributed by atoms with van der Waals surface area (Å²) in [7, 11) is 1.57. The van der Waals surface area contributed by atoms with Gasteiger partial charge in [-0.3, -0.25) is 4.98 Å². The van der Waals surface area contributed by atoms with Crippen molar-refractivity contribution in [1.29, 1.82) is 0 Å². The zero-order chi connectivity index (χ0) is 27.7. The van der Waals surface area contributed by atoms with Gasteiger partial charge >= 0.3 is 0 Å². The molecule has 40 heavy (non-hydrogen) atoms. The zero-order valence-corrected chi connectivity index (χ0v) is 22.3. The average molecular weight is 551 g/mol. The lowest BCUT2D eigenvalue weighted by Crippen LogP contribution is -2.29. The van der Waals surface area contributed by atoms with Gasteiger partial charge in [-0.25, -0.2) is 14.1 Å². The maximum absolute atomic E-state index is 13.8. The molecule has 6 aromatic rings. The lowest BCUT2D eigenvalue weighted by Gasteiger charge is -2.30. The molecular weight excluding hydrogens is 527 g/mol. The molecule has 0 aliphatic carbocycles. The summed E-state index contributed by atoms with van der Waals surface area (Å²) in [4.78, 5) is 8.94. The van der Waals surface area contributed by atoms with E-state index in [0.717, 1.165) is 16.8 Å². The molecule has 3 heterocycles. The Kier molecular flexibility index (Phi) is 6.76. The predicted molar refractivity (Wildman–Crippen MR) is 152 cm³/mol. The van der Waals surface area contributed by atoms with Crippen molar-refractivity contribution in [2.75, 3.05) is 7.11 Å². The molecular formula is C32H24ClFN4O2. The van der Waals surface area contributed by atoms with Gasteiger partial charge in [-0.2, -0.15) is 5.10 Å². The highest BCUT2D eigenvalue weighted by molar-refractivity contribution is 6.36. The second kappa shape index (κ2) is 10.5. The Morgan fingerprint density at radius 3 is 2.38 bits per heavy atom. The van der Waals surface area contributed by atoms with Gasteiger partial charge in [0.2, 0.25) is 5.88 Å². The number of aliphatic hydroxyl groups is 1. The minimum atomic E-state index is -1.61. The lowest BCUT2D eigenvalue weighted by atomic mass is 9.80. The number of aromatic nitrogens is 4. The van der Waals surface area contributed by atoms with Crippen LogP contribution in [0, 0.1) is 5.82 Å².